The predicted octanol–water partition coefficient (Wildman–Crippen LogP) is 2.11. The molecular formula is C12H14O3. The normalized spacial score (nSPS) is 16.1. The Bertz CT molecular complexity index is 410. The molecule has 0 radical (unpaired) electrons. The van der Waals surface area contributed by atoms with Crippen molar-refractivity contribution in [1.82, 2.24) is 0 Å². The third kappa shape index (κ3) is 1.53. The lowest BCUT2D eigenvalue weighted by Gasteiger charge is -2.13. The first-order valence-corrected chi connectivity index (χ1v) is 5.12. The van der Waals surface area contributed by atoms with Gasteiger partial charge in [0, 0.05) is 5.56 Å². The highest BCUT2D eigenvalue weighted by Gasteiger charge is 2.24. The predicted molar refractivity (Wildman–Crippen MR) is 55.5 cm³/mol. The highest BCUT2D eigenvalue weighted by Crippen LogP contribution is 2.29. The number of carbonyl (C=O) groups is 1. The van der Waals surface area contributed by atoms with Crippen molar-refractivity contribution in [2.75, 3.05) is 0 Å². The number of hydrogen-bond donors (Lipinski definition) is 1. The van der Waals surface area contributed by atoms with Crippen molar-refractivity contribution < 1.29 is 14.6 Å². The second kappa shape index (κ2) is 3.66. The van der Waals surface area contributed by atoms with E-state index >= 15 is 0 Å². The van der Waals surface area contributed by atoms with E-state index in [0.717, 1.165) is 16.7 Å². The smallest absolute Gasteiger partial charge is 0.338 e. The Balaban J connectivity index is 2.51. The van der Waals surface area contributed by atoms with Crippen molar-refractivity contribution in [1.29, 1.82) is 0 Å². The molecule has 1 N–H and O–H groups in total. The fourth-order valence-corrected chi connectivity index (χ4v) is 1.95. The zero-order valence-electron chi connectivity index (χ0n) is 8.91. The third-order valence-corrected chi connectivity index (χ3v) is 2.95. The summed E-state index contributed by atoms with van der Waals surface area (Å²) in [6, 6.07) is 3.56. The molecule has 1 atom stereocenters. The van der Waals surface area contributed by atoms with Gasteiger partial charge in [0.25, 0.3) is 0 Å². The lowest BCUT2D eigenvalue weighted by atomic mass is 9.94. The third-order valence-electron chi connectivity index (χ3n) is 2.95. The fraction of sp³-hybridized carbons (Fsp3) is 0.417. The van der Waals surface area contributed by atoms with E-state index < -0.39 is 6.10 Å². The van der Waals surface area contributed by atoms with Crippen LogP contribution in [0.25, 0.3) is 0 Å². The second-order valence-electron chi connectivity index (χ2n) is 3.81. The molecule has 0 fully saturated rings. The molecule has 1 unspecified atom stereocenters. The van der Waals surface area contributed by atoms with Gasteiger partial charge in [-0.2, -0.15) is 0 Å². The van der Waals surface area contributed by atoms with Crippen LogP contribution in [0.5, 0.6) is 0 Å². The number of aliphatic hydroxyl groups is 1. The van der Waals surface area contributed by atoms with Crippen LogP contribution in [0, 0.1) is 6.92 Å². The average Bonchev–Trinajstić information content (AvgIpc) is 2.61. The van der Waals surface area contributed by atoms with Gasteiger partial charge in [0.1, 0.15) is 6.61 Å². The van der Waals surface area contributed by atoms with Crippen LogP contribution in [0.3, 0.4) is 0 Å². The van der Waals surface area contributed by atoms with E-state index in [2.05, 4.69) is 0 Å². The van der Waals surface area contributed by atoms with Gasteiger partial charge < -0.3 is 9.84 Å². The maximum absolute atomic E-state index is 11.3. The molecule has 0 saturated heterocycles. The van der Waals surface area contributed by atoms with Crippen molar-refractivity contribution >= 4 is 5.97 Å². The Hall–Kier alpha value is -1.35. The second-order valence-corrected chi connectivity index (χ2v) is 3.81. The highest BCUT2D eigenvalue weighted by atomic mass is 16.5. The van der Waals surface area contributed by atoms with Crippen molar-refractivity contribution in [2.45, 2.75) is 33.0 Å². The van der Waals surface area contributed by atoms with Crippen LogP contribution in [-0.2, 0) is 11.3 Å². The Morgan fingerprint density at radius 1 is 1.53 bits per heavy atom. The molecule has 15 heavy (non-hydrogen) atoms. The summed E-state index contributed by atoms with van der Waals surface area (Å²) in [4.78, 5) is 11.3. The summed E-state index contributed by atoms with van der Waals surface area (Å²) in [6.45, 7) is 4.19. The minimum Gasteiger partial charge on any atom is -0.457 e. The number of benzene rings is 1. The zero-order chi connectivity index (χ0) is 11.0. The van der Waals surface area contributed by atoms with Crippen LogP contribution in [0.4, 0.5) is 0 Å². The standard InChI is InChI=1S/C12H14O3/c1-3-11(13)8-4-5-9-10(7(8)2)6-15-12(9)14/h4-5,11,13H,3,6H2,1-2H3. The molecule has 0 amide bonds. The van der Waals surface area contributed by atoms with E-state index in [0.29, 0.717) is 18.6 Å². The molecule has 0 aliphatic carbocycles. The number of aliphatic hydroxyl groups excluding tert-OH is 1. The number of cyclic esters (lactones) is 1. The van der Waals surface area contributed by atoms with E-state index in [-0.39, 0.29) is 5.97 Å². The molecule has 1 aromatic carbocycles. The van der Waals surface area contributed by atoms with Crippen LogP contribution < -0.4 is 0 Å². The quantitative estimate of drug-likeness (QED) is 0.754. The molecule has 2 rings (SSSR count). The van der Waals surface area contributed by atoms with Crippen molar-refractivity contribution in [3.05, 3.63) is 34.4 Å². The van der Waals surface area contributed by atoms with Crippen molar-refractivity contribution in [3.63, 3.8) is 0 Å². The van der Waals surface area contributed by atoms with Crippen LogP contribution in [-0.4, -0.2) is 11.1 Å². The molecule has 1 aliphatic rings. The van der Waals surface area contributed by atoms with E-state index in [9.17, 15) is 9.90 Å². The Morgan fingerprint density at radius 2 is 2.27 bits per heavy atom. The molecule has 80 valence electrons. The summed E-state index contributed by atoms with van der Waals surface area (Å²) in [5, 5.41) is 9.78. The number of fused-ring (bicyclic) bond motifs is 1. The van der Waals surface area contributed by atoms with E-state index in [1.807, 2.05) is 19.9 Å². The zero-order valence-corrected chi connectivity index (χ0v) is 8.91. The van der Waals surface area contributed by atoms with Gasteiger partial charge in [0.15, 0.2) is 0 Å². The van der Waals surface area contributed by atoms with Gasteiger partial charge in [-0.05, 0) is 30.5 Å². The summed E-state index contributed by atoms with van der Waals surface area (Å²) in [6.07, 6.45) is 0.222. The first-order chi connectivity index (χ1) is 7.15. The van der Waals surface area contributed by atoms with E-state index in [1.54, 1.807) is 6.07 Å². The molecule has 0 aromatic heterocycles. The molecule has 0 bridgehead atoms. The summed E-state index contributed by atoms with van der Waals surface area (Å²) in [7, 11) is 0. The van der Waals surface area contributed by atoms with Gasteiger partial charge in [-0.25, -0.2) is 4.79 Å². The van der Waals surface area contributed by atoms with Crippen LogP contribution in [0.15, 0.2) is 12.1 Å². The molecule has 3 heteroatoms. The van der Waals surface area contributed by atoms with Crippen LogP contribution in [0.1, 0.15) is 46.5 Å². The Kier molecular flexibility index (Phi) is 2.49. The lowest BCUT2D eigenvalue weighted by Crippen LogP contribution is -2.02. The number of hydrogen-bond acceptors (Lipinski definition) is 3. The maximum Gasteiger partial charge on any atom is 0.338 e. The van der Waals surface area contributed by atoms with Crippen LogP contribution in [0.2, 0.25) is 0 Å². The van der Waals surface area contributed by atoms with Gasteiger partial charge in [-0.3, -0.25) is 0 Å². The average molecular weight is 206 g/mol. The number of ether oxygens (including phenoxy) is 1. The van der Waals surface area contributed by atoms with Crippen molar-refractivity contribution in [2.24, 2.45) is 0 Å². The monoisotopic (exact) mass is 206 g/mol. The number of rotatable bonds is 2. The SMILES string of the molecule is CCC(O)c1ccc2c(c1C)COC2=O. The Labute approximate surface area is 88.7 Å². The minimum atomic E-state index is -0.453. The largest absolute Gasteiger partial charge is 0.457 e. The van der Waals surface area contributed by atoms with Gasteiger partial charge in [0.05, 0.1) is 11.7 Å². The topological polar surface area (TPSA) is 46.5 Å². The first kappa shape index (κ1) is 10.2. The number of esters is 1. The fourth-order valence-electron chi connectivity index (χ4n) is 1.95. The van der Waals surface area contributed by atoms with E-state index in [4.69, 9.17) is 4.74 Å². The molecule has 0 spiro atoms. The molecule has 0 saturated carbocycles. The Morgan fingerprint density at radius 3 is 2.93 bits per heavy atom. The highest BCUT2D eigenvalue weighted by molar-refractivity contribution is 5.93. The van der Waals surface area contributed by atoms with Gasteiger partial charge in [-0.15, -0.1) is 0 Å². The van der Waals surface area contributed by atoms with E-state index in [1.165, 1.54) is 0 Å². The van der Waals surface area contributed by atoms with Crippen molar-refractivity contribution in [3.8, 4) is 0 Å². The summed E-state index contributed by atoms with van der Waals surface area (Å²) in [5.74, 6) is -0.259. The number of carbonyl (C=O) groups excluding carboxylic acids is 1. The van der Waals surface area contributed by atoms with Gasteiger partial charge in [0.2, 0.25) is 0 Å². The lowest BCUT2D eigenvalue weighted by molar-refractivity contribution is 0.0535. The molecule has 1 heterocycles. The maximum atomic E-state index is 11.3. The molecule has 3 nitrogen and oxygen atoms in total. The summed E-state index contributed by atoms with van der Waals surface area (Å²) in [5.41, 5.74) is 3.44. The first-order valence-electron chi connectivity index (χ1n) is 5.12. The minimum absolute atomic E-state index is 0.259. The van der Waals surface area contributed by atoms with Crippen LogP contribution >= 0.6 is 0 Å². The molecule has 1 aromatic rings. The van der Waals surface area contributed by atoms with Gasteiger partial charge in [-0.1, -0.05) is 13.0 Å². The molecular weight excluding hydrogens is 192 g/mol. The summed E-state index contributed by atoms with van der Waals surface area (Å²) >= 11 is 0. The summed E-state index contributed by atoms with van der Waals surface area (Å²) < 4.78 is 4.95. The van der Waals surface area contributed by atoms with Gasteiger partial charge >= 0.3 is 5.97 Å². The molecule has 1 aliphatic heterocycles.